The quantitative estimate of drug-likeness (QED) is 0.869. The number of piperidine rings is 1. The van der Waals surface area contributed by atoms with Crippen LogP contribution in [0.4, 0.5) is 0 Å². The van der Waals surface area contributed by atoms with Gasteiger partial charge in [-0.15, -0.1) is 12.4 Å². The molecule has 2 fully saturated rings. The zero-order valence-electron chi connectivity index (χ0n) is 14.9. The molecule has 1 aromatic carbocycles. The second-order valence-corrected chi connectivity index (χ2v) is 7.27. The van der Waals surface area contributed by atoms with E-state index in [1.807, 2.05) is 18.2 Å². The summed E-state index contributed by atoms with van der Waals surface area (Å²) < 4.78 is 6.02. The molecule has 0 aromatic heterocycles. The molecule has 1 saturated heterocycles. The fourth-order valence-electron chi connectivity index (χ4n) is 3.93. The number of halogens is 1. The van der Waals surface area contributed by atoms with E-state index in [4.69, 9.17) is 10.5 Å². The number of carbonyl (C=O) groups is 1. The molecule has 4 nitrogen and oxygen atoms in total. The van der Waals surface area contributed by atoms with Crippen LogP contribution >= 0.6 is 12.4 Å². The summed E-state index contributed by atoms with van der Waals surface area (Å²) in [6.07, 6.45) is 6.46. The number of nitrogens with two attached hydrogens (primary N) is 1. The highest BCUT2D eigenvalue weighted by molar-refractivity contribution is 5.85. The molecule has 1 heterocycles. The van der Waals surface area contributed by atoms with Crippen LogP contribution < -0.4 is 5.73 Å². The molecular weight excluding hydrogens is 336 g/mol. The van der Waals surface area contributed by atoms with Crippen molar-refractivity contribution >= 4 is 18.3 Å². The number of benzene rings is 1. The van der Waals surface area contributed by atoms with E-state index in [2.05, 4.69) is 17.0 Å². The van der Waals surface area contributed by atoms with Crippen LogP contribution in [0.25, 0.3) is 0 Å². The molecule has 25 heavy (non-hydrogen) atoms. The average molecular weight is 367 g/mol. The van der Waals surface area contributed by atoms with Gasteiger partial charge in [0.2, 0.25) is 5.91 Å². The third-order valence-corrected chi connectivity index (χ3v) is 5.61. The van der Waals surface area contributed by atoms with Crippen molar-refractivity contribution in [3.05, 3.63) is 35.9 Å². The molecule has 5 heteroatoms. The van der Waals surface area contributed by atoms with Gasteiger partial charge in [0.1, 0.15) is 0 Å². The largest absolute Gasteiger partial charge is 0.373 e. The van der Waals surface area contributed by atoms with E-state index in [0.717, 1.165) is 58.2 Å². The van der Waals surface area contributed by atoms with Crippen molar-refractivity contribution in [2.75, 3.05) is 19.6 Å². The Morgan fingerprint density at radius 1 is 1.04 bits per heavy atom. The molecule has 3 rings (SSSR count). The smallest absolute Gasteiger partial charge is 0.225 e. The monoisotopic (exact) mass is 366 g/mol. The Morgan fingerprint density at radius 3 is 2.28 bits per heavy atom. The predicted octanol–water partition coefficient (Wildman–Crippen LogP) is 3.38. The molecule has 0 bridgehead atoms. The first-order valence-corrected chi connectivity index (χ1v) is 9.40. The van der Waals surface area contributed by atoms with Crippen molar-refractivity contribution in [1.82, 2.24) is 4.90 Å². The summed E-state index contributed by atoms with van der Waals surface area (Å²) in [6.45, 7) is 3.12. The van der Waals surface area contributed by atoms with Gasteiger partial charge in [-0.25, -0.2) is 0 Å². The lowest BCUT2D eigenvalue weighted by atomic mass is 9.81. The van der Waals surface area contributed by atoms with Gasteiger partial charge < -0.3 is 15.4 Å². The number of hydrogen-bond acceptors (Lipinski definition) is 3. The Kier molecular flexibility index (Phi) is 8.20. The van der Waals surface area contributed by atoms with Crippen LogP contribution in [0.5, 0.6) is 0 Å². The Hall–Kier alpha value is -1.10. The minimum atomic E-state index is 0. The zero-order valence-corrected chi connectivity index (χ0v) is 15.8. The summed E-state index contributed by atoms with van der Waals surface area (Å²) in [6, 6.07) is 10.3. The maximum atomic E-state index is 12.7. The van der Waals surface area contributed by atoms with Crippen molar-refractivity contribution in [3.63, 3.8) is 0 Å². The van der Waals surface area contributed by atoms with E-state index < -0.39 is 0 Å². The fraction of sp³-hybridized carbons (Fsp3) is 0.650. The third-order valence-electron chi connectivity index (χ3n) is 5.61. The van der Waals surface area contributed by atoms with Gasteiger partial charge in [0.05, 0.1) is 12.7 Å². The fourth-order valence-corrected chi connectivity index (χ4v) is 3.93. The lowest BCUT2D eigenvalue weighted by Gasteiger charge is -2.36. The standard InChI is InChI=1S/C20H30N2O2.ClH/c21-14-16-6-8-18(9-7-16)20(23)22-12-10-19(11-13-22)24-15-17-4-2-1-3-5-17;/h1-5,16,18-19H,6-15,21H2;1H. The number of amides is 1. The first kappa shape index (κ1) is 20.2. The minimum Gasteiger partial charge on any atom is -0.373 e. The summed E-state index contributed by atoms with van der Waals surface area (Å²) in [5.41, 5.74) is 6.96. The predicted molar refractivity (Wildman–Crippen MR) is 103 cm³/mol. The molecule has 1 aromatic rings. The summed E-state index contributed by atoms with van der Waals surface area (Å²) in [4.78, 5) is 14.8. The van der Waals surface area contributed by atoms with Gasteiger partial charge in [-0.05, 0) is 56.6 Å². The molecule has 1 aliphatic heterocycles. The maximum absolute atomic E-state index is 12.7. The van der Waals surface area contributed by atoms with Gasteiger partial charge >= 0.3 is 0 Å². The van der Waals surface area contributed by atoms with E-state index in [1.165, 1.54) is 5.56 Å². The minimum absolute atomic E-state index is 0. The summed E-state index contributed by atoms with van der Waals surface area (Å²) in [5, 5.41) is 0. The Labute approximate surface area is 157 Å². The highest BCUT2D eigenvalue weighted by Crippen LogP contribution is 2.30. The van der Waals surface area contributed by atoms with Crippen LogP contribution in [0.1, 0.15) is 44.1 Å². The van der Waals surface area contributed by atoms with Crippen LogP contribution in [0, 0.1) is 11.8 Å². The highest BCUT2D eigenvalue weighted by Gasteiger charge is 2.31. The van der Waals surface area contributed by atoms with Gasteiger partial charge in [-0.3, -0.25) is 4.79 Å². The molecule has 2 aliphatic rings. The normalized spacial score (nSPS) is 24.6. The molecule has 0 unspecified atom stereocenters. The van der Waals surface area contributed by atoms with Crippen molar-refractivity contribution in [2.24, 2.45) is 17.6 Å². The molecule has 1 aliphatic carbocycles. The van der Waals surface area contributed by atoms with Crippen molar-refractivity contribution in [2.45, 2.75) is 51.2 Å². The average Bonchev–Trinajstić information content (AvgIpc) is 2.67. The maximum Gasteiger partial charge on any atom is 0.225 e. The first-order valence-electron chi connectivity index (χ1n) is 9.40. The Bertz CT molecular complexity index is 510. The summed E-state index contributed by atoms with van der Waals surface area (Å²) >= 11 is 0. The molecule has 1 amide bonds. The lowest BCUT2D eigenvalue weighted by Crippen LogP contribution is -2.44. The van der Waals surface area contributed by atoms with E-state index >= 15 is 0 Å². The second-order valence-electron chi connectivity index (χ2n) is 7.27. The first-order chi connectivity index (χ1) is 11.8. The number of likely N-dealkylation sites (tertiary alicyclic amines) is 1. The van der Waals surface area contributed by atoms with Gasteiger partial charge in [0.25, 0.3) is 0 Å². The molecule has 0 spiro atoms. The van der Waals surface area contributed by atoms with Crippen molar-refractivity contribution in [1.29, 1.82) is 0 Å². The molecular formula is C20H31ClN2O2. The summed E-state index contributed by atoms with van der Waals surface area (Å²) in [7, 11) is 0. The van der Waals surface area contributed by atoms with Crippen LogP contribution in [0.2, 0.25) is 0 Å². The SMILES string of the molecule is Cl.NCC1CCC(C(=O)N2CCC(OCc3ccccc3)CC2)CC1. The molecule has 2 N–H and O–H groups in total. The number of nitrogens with zero attached hydrogens (tertiary/aromatic N) is 1. The Balaban J connectivity index is 0.00000225. The molecule has 0 radical (unpaired) electrons. The van der Waals surface area contributed by atoms with E-state index in [9.17, 15) is 4.79 Å². The summed E-state index contributed by atoms with van der Waals surface area (Å²) in [5.74, 6) is 1.23. The molecule has 140 valence electrons. The van der Waals surface area contributed by atoms with Crippen LogP contribution in [-0.2, 0) is 16.1 Å². The van der Waals surface area contributed by atoms with Crippen LogP contribution in [0.15, 0.2) is 30.3 Å². The number of hydrogen-bond donors (Lipinski definition) is 1. The molecule has 1 saturated carbocycles. The van der Waals surface area contributed by atoms with Gasteiger partial charge in [-0.1, -0.05) is 30.3 Å². The van der Waals surface area contributed by atoms with Crippen molar-refractivity contribution in [3.8, 4) is 0 Å². The van der Waals surface area contributed by atoms with Gasteiger partial charge in [0.15, 0.2) is 0 Å². The van der Waals surface area contributed by atoms with E-state index in [-0.39, 0.29) is 24.4 Å². The third kappa shape index (κ3) is 5.70. The van der Waals surface area contributed by atoms with Gasteiger partial charge in [0, 0.05) is 19.0 Å². The number of ether oxygens (including phenoxy) is 1. The van der Waals surface area contributed by atoms with E-state index in [0.29, 0.717) is 18.4 Å². The number of carbonyl (C=O) groups excluding carboxylic acids is 1. The molecule has 0 atom stereocenters. The number of rotatable bonds is 5. The van der Waals surface area contributed by atoms with Crippen molar-refractivity contribution < 1.29 is 9.53 Å². The Morgan fingerprint density at radius 2 is 1.68 bits per heavy atom. The van der Waals surface area contributed by atoms with E-state index in [1.54, 1.807) is 0 Å². The van der Waals surface area contributed by atoms with Crippen LogP contribution in [0.3, 0.4) is 0 Å². The second kappa shape index (κ2) is 10.1. The van der Waals surface area contributed by atoms with Gasteiger partial charge in [-0.2, -0.15) is 0 Å². The zero-order chi connectivity index (χ0) is 16.8. The topological polar surface area (TPSA) is 55.6 Å². The lowest BCUT2D eigenvalue weighted by molar-refractivity contribution is -0.139. The van der Waals surface area contributed by atoms with Crippen LogP contribution in [-0.4, -0.2) is 36.5 Å². The highest BCUT2D eigenvalue weighted by atomic mass is 35.5.